The van der Waals surface area contributed by atoms with Crippen molar-refractivity contribution in [2.45, 2.75) is 39.7 Å². The summed E-state index contributed by atoms with van der Waals surface area (Å²) in [4.78, 5) is 22.3. The number of carbonyl (C=O) groups excluding carboxylic acids is 2. The molecule has 0 aliphatic rings. The van der Waals surface area contributed by atoms with Gasteiger partial charge in [0.15, 0.2) is 0 Å². The van der Waals surface area contributed by atoms with Crippen LogP contribution in [0, 0.1) is 0 Å². The standard InChI is InChI=1S/C10H16O3/c1-6-7(2)8(11)9(12)13-10(3,4)5/h2,6H2,1,3-5H3. The van der Waals surface area contributed by atoms with Crippen LogP contribution < -0.4 is 0 Å². The highest BCUT2D eigenvalue weighted by atomic mass is 16.6. The van der Waals surface area contributed by atoms with Gasteiger partial charge in [0.25, 0.3) is 5.78 Å². The van der Waals surface area contributed by atoms with Gasteiger partial charge >= 0.3 is 5.97 Å². The molecule has 0 aliphatic carbocycles. The highest BCUT2D eigenvalue weighted by molar-refractivity contribution is 6.40. The van der Waals surface area contributed by atoms with E-state index in [0.29, 0.717) is 6.42 Å². The summed E-state index contributed by atoms with van der Waals surface area (Å²) in [6.45, 7) is 10.4. The Morgan fingerprint density at radius 2 is 1.77 bits per heavy atom. The van der Waals surface area contributed by atoms with Gasteiger partial charge in [-0.3, -0.25) is 4.79 Å². The molecule has 0 heterocycles. The molecular weight excluding hydrogens is 168 g/mol. The smallest absolute Gasteiger partial charge is 0.379 e. The van der Waals surface area contributed by atoms with Crippen molar-refractivity contribution in [3.05, 3.63) is 12.2 Å². The van der Waals surface area contributed by atoms with Gasteiger partial charge < -0.3 is 4.74 Å². The molecule has 0 saturated carbocycles. The number of ether oxygens (including phenoxy) is 1. The van der Waals surface area contributed by atoms with E-state index >= 15 is 0 Å². The first-order valence-corrected chi connectivity index (χ1v) is 4.23. The Bertz CT molecular complexity index is 233. The quantitative estimate of drug-likeness (QED) is 0.382. The topological polar surface area (TPSA) is 43.4 Å². The Balaban J connectivity index is 4.30. The molecule has 0 radical (unpaired) electrons. The Labute approximate surface area is 78.8 Å². The average Bonchev–Trinajstić information content (AvgIpc) is 1.98. The zero-order chi connectivity index (χ0) is 10.6. The lowest BCUT2D eigenvalue weighted by molar-refractivity contribution is -0.161. The minimum Gasteiger partial charge on any atom is -0.454 e. The lowest BCUT2D eigenvalue weighted by Crippen LogP contribution is -2.29. The Hall–Kier alpha value is -1.12. The van der Waals surface area contributed by atoms with Crippen LogP contribution in [0.3, 0.4) is 0 Å². The van der Waals surface area contributed by atoms with E-state index in [1.807, 2.05) is 0 Å². The maximum absolute atomic E-state index is 11.2. The molecule has 0 saturated heterocycles. The van der Waals surface area contributed by atoms with Crippen LogP contribution in [0.15, 0.2) is 12.2 Å². The molecule has 13 heavy (non-hydrogen) atoms. The van der Waals surface area contributed by atoms with E-state index in [-0.39, 0.29) is 5.57 Å². The van der Waals surface area contributed by atoms with E-state index in [4.69, 9.17) is 4.74 Å². The molecule has 3 nitrogen and oxygen atoms in total. The van der Waals surface area contributed by atoms with Crippen LogP contribution >= 0.6 is 0 Å². The van der Waals surface area contributed by atoms with Crippen molar-refractivity contribution in [3.63, 3.8) is 0 Å². The number of ketones is 1. The molecule has 0 rings (SSSR count). The highest BCUT2D eigenvalue weighted by Crippen LogP contribution is 2.09. The van der Waals surface area contributed by atoms with Crippen molar-refractivity contribution in [1.29, 1.82) is 0 Å². The van der Waals surface area contributed by atoms with Crippen molar-refractivity contribution in [3.8, 4) is 0 Å². The van der Waals surface area contributed by atoms with Gasteiger partial charge in [0, 0.05) is 0 Å². The number of esters is 1. The Morgan fingerprint density at radius 1 is 1.31 bits per heavy atom. The van der Waals surface area contributed by atoms with Crippen molar-refractivity contribution in [1.82, 2.24) is 0 Å². The monoisotopic (exact) mass is 184 g/mol. The summed E-state index contributed by atoms with van der Waals surface area (Å²) >= 11 is 0. The van der Waals surface area contributed by atoms with Crippen LogP contribution in [0.1, 0.15) is 34.1 Å². The third-order valence-corrected chi connectivity index (χ3v) is 1.33. The summed E-state index contributed by atoms with van der Waals surface area (Å²) in [7, 11) is 0. The van der Waals surface area contributed by atoms with E-state index in [0.717, 1.165) is 0 Å². The van der Waals surface area contributed by atoms with E-state index in [9.17, 15) is 9.59 Å². The van der Waals surface area contributed by atoms with E-state index in [1.54, 1.807) is 27.7 Å². The van der Waals surface area contributed by atoms with Gasteiger partial charge in [0.05, 0.1) is 0 Å². The van der Waals surface area contributed by atoms with Crippen molar-refractivity contribution < 1.29 is 14.3 Å². The van der Waals surface area contributed by atoms with Gasteiger partial charge in [-0.05, 0) is 32.8 Å². The molecular formula is C10H16O3. The SMILES string of the molecule is C=C(CC)C(=O)C(=O)OC(C)(C)C. The molecule has 0 aromatic carbocycles. The minimum atomic E-state index is -0.820. The minimum absolute atomic E-state index is 0.286. The summed E-state index contributed by atoms with van der Waals surface area (Å²) in [5.41, 5.74) is -0.338. The Kier molecular flexibility index (Phi) is 3.85. The molecule has 0 amide bonds. The molecule has 0 aromatic heterocycles. The summed E-state index contributed by atoms with van der Waals surface area (Å²) in [5, 5.41) is 0. The zero-order valence-corrected chi connectivity index (χ0v) is 8.64. The van der Waals surface area contributed by atoms with Gasteiger partial charge in [-0.15, -0.1) is 0 Å². The highest BCUT2D eigenvalue weighted by Gasteiger charge is 2.23. The maximum atomic E-state index is 11.2. The lowest BCUT2D eigenvalue weighted by atomic mass is 10.1. The van der Waals surface area contributed by atoms with Crippen LogP contribution in [0.5, 0.6) is 0 Å². The lowest BCUT2D eigenvalue weighted by Gasteiger charge is -2.18. The molecule has 0 aromatic rings. The van der Waals surface area contributed by atoms with Crippen LogP contribution in [0.4, 0.5) is 0 Å². The second kappa shape index (κ2) is 4.21. The molecule has 3 heteroatoms. The molecule has 74 valence electrons. The largest absolute Gasteiger partial charge is 0.454 e. The molecule has 0 unspecified atom stereocenters. The fraction of sp³-hybridized carbons (Fsp3) is 0.600. The maximum Gasteiger partial charge on any atom is 0.379 e. The zero-order valence-electron chi connectivity index (χ0n) is 8.64. The summed E-state index contributed by atoms with van der Waals surface area (Å²) in [5.74, 6) is -1.45. The first kappa shape index (κ1) is 11.9. The Morgan fingerprint density at radius 3 is 2.08 bits per heavy atom. The predicted molar refractivity (Wildman–Crippen MR) is 50.3 cm³/mol. The van der Waals surface area contributed by atoms with Crippen LogP contribution in [-0.4, -0.2) is 17.4 Å². The molecule has 0 fully saturated rings. The molecule has 0 spiro atoms. The molecule has 0 bridgehead atoms. The normalized spacial score (nSPS) is 10.8. The number of rotatable bonds is 3. The number of hydrogen-bond donors (Lipinski definition) is 0. The van der Waals surface area contributed by atoms with E-state index < -0.39 is 17.4 Å². The number of hydrogen-bond acceptors (Lipinski definition) is 3. The van der Waals surface area contributed by atoms with Gasteiger partial charge in [-0.25, -0.2) is 4.79 Å². The van der Waals surface area contributed by atoms with Gasteiger partial charge in [-0.2, -0.15) is 0 Å². The average molecular weight is 184 g/mol. The number of carbonyl (C=O) groups is 2. The molecule has 0 N–H and O–H groups in total. The van der Waals surface area contributed by atoms with Crippen LogP contribution in [0.25, 0.3) is 0 Å². The first-order valence-electron chi connectivity index (χ1n) is 4.23. The fourth-order valence-corrected chi connectivity index (χ4v) is 0.629. The van der Waals surface area contributed by atoms with E-state index in [2.05, 4.69) is 6.58 Å². The molecule has 0 aliphatic heterocycles. The van der Waals surface area contributed by atoms with Crippen molar-refractivity contribution in [2.24, 2.45) is 0 Å². The second-order valence-electron chi connectivity index (χ2n) is 3.79. The van der Waals surface area contributed by atoms with Gasteiger partial charge in [0.2, 0.25) is 0 Å². The van der Waals surface area contributed by atoms with Gasteiger partial charge in [0.1, 0.15) is 5.60 Å². The summed E-state index contributed by atoms with van der Waals surface area (Å²) < 4.78 is 4.87. The van der Waals surface area contributed by atoms with Crippen molar-refractivity contribution >= 4 is 11.8 Å². The molecule has 0 atom stereocenters. The van der Waals surface area contributed by atoms with Crippen molar-refractivity contribution in [2.75, 3.05) is 0 Å². The van der Waals surface area contributed by atoms with E-state index in [1.165, 1.54) is 0 Å². The van der Waals surface area contributed by atoms with Gasteiger partial charge in [-0.1, -0.05) is 13.5 Å². The number of Topliss-reactive ketones (excluding diaryl/α,β-unsaturated/α-hetero) is 1. The third-order valence-electron chi connectivity index (χ3n) is 1.33. The first-order chi connectivity index (χ1) is 5.78. The third kappa shape index (κ3) is 4.45. The summed E-state index contributed by atoms with van der Waals surface area (Å²) in [6, 6.07) is 0. The van der Waals surface area contributed by atoms with Crippen LogP contribution in [0.2, 0.25) is 0 Å². The second-order valence-corrected chi connectivity index (χ2v) is 3.79. The summed E-state index contributed by atoms with van der Waals surface area (Å²) in [6.07, 6.45) is 0.470. The van der Waals surface area contributed by atoms with Crippen LogP contribution in [-0.2, 0) is 14.3 Å². The fourth-order valence-electron chi connectivity index (χ4n) is 0.629. The predicted octanol–water partition coefficient (Wildman–Crippen LogP) is 1.86.